The molecule has 108 valence electrons. The van der Waals surface area contributed by atoms with Gasteiger partial charge in [0.25, 0.3) is 0 Å². The molecule has 0 bridgehead atoms. The first kappa shape index (κ1) is 14.5. The Morgan fingerprint density at radius 1 is 1.15 bits per heavy atom. The highest BCUT2D eigenvalue weighted by Gasteiger charge is 2.35. The van der Waals surface area contributed by atoms with Crippen LogP contribution in [0.2, 0.25) is 0 Å². The smallest absolute Gasteiger partial charge is 0.307 e. The molecule has 20 heavy (non-hydrogen) atoms. The average Bonchev–Trinajstić information content (AvgIpc) is 2.46. The summed E-state index contributed by atoms with van der Waals surface area (Å²) in [5, 5.41) is 11.9. The molecule has 2 rings (SSSR count). The summed E-state index contributed by atoms with van der Waals surface area (Å²) in [7, 11) is 0. The van der Waals surface area contributed by atoms with Gasteiger partial charge in [-0.25, -0.2) is 4.39 Å². The molecule has 1 fully saturated rings. The van der Waals surface area contributed by atoms with Crippen LogP contribution in [0.5, 0.6) is 0 Å². The quantitative estimate of drug-likeness (QED) is 0.889. The Morgan fingerprint density at radius 3 is 2.35 bits per heavy atom. The Bertz CT molecular complexity index is 486. The highest BCUT2D eigenvalue weighted by molar-refractivity contribution is 5.84. The molecule has 0 aliphatic heterocycles. The van der Waals surface area contributed by atoms with Crippen molar-refractivity contribution in [3.63, 3.8) is 0 Å². The Hall–Kier alpha value is -1.91. The van der Waals surface area contributed by atoms with Crippen LogP contribution in [0.1, 0.15) is 31.2 Å². The molecular weight excluding hydrogens is 261 g/mol. The van der Waals surface area contributed by atoms with E-state index >= 15 is 0 Å². The standard InChI is InChI=1S/C15H18FNO3/c16-11-7-5-10(6-8-11)9-17-14(18)12-3-1-2-4-13(12)15(19)20/h5-8,12-13H,1-4,9H2,(H,17,18)(H,19,20)/t12-,13-/m0/s1. The molecule has 1 aromatic carbocycles. The molecule has 1 amide bonds. The maximum absolute atomic E-state index is 12.8. The molecular formula is C15H18FNO3. The van der Waals surface area contributed by atoms with E-state index in [4.69, 9.17) is 5.11 Å². The minimum Gasteiger partial charge on any atom is -0.481 e. The summed E-state index contributed by atoms with van der Waals surface area (Å²) < 4.78 is 12.8. The molecule has 0 aromatic heterocycles. The van der Waals surface area contributed by atoms with E-state index in [1.165, 1.54) is 12.1 Å². The Morgan fingerprint density at radius 2 is 1.75 bits per heavy atom. The number of halogens is 1. The minimum atomic E-state index is -0.897. The molecule has 0 saturated heterocycles. The fraction of sp³-hybridized carbons (Fsp3) is 0.467. The van der Waals surface area contributed by atoms with E-state index in [9.17, 15) is 14.0 Å². The molecule has 4 nitrogen and oxygen atoms in total. The van der Waals surface area contributed by atoms with Crippen molar-refractivity contribution in [2.75, 3.05) is 0 Å². The van der Waals surface area contributed by atoms with Gasteiger partial charge in [0.2, 0.25) is 5.91 Å². The topological polar surface area (TPSA) is 66.4 Å². The second-order valence-electron chi connectivity index (χ2n) is 5.18. The first-order valence-electron chi connectivity index (χ1n) is 6.83. The average molecular weight is 279 g/mol. The lowest BCUT2D eigenvalue weighted by Gasteiger charge is -2.27. The van der Waals surface area contributed by atoms with Crippen LogP contribution in [-0.4, -0.2) is 17.0 Å². The van der Waals surface area contributed by atoms with Crippen molar-refractivity contribution >= 4 is 11.9 Å². The summed E-state index contributed by atoms with van der Waals surface area (Å²) in [5.41, 5.74) is 0.794. The zero-order chi connectivity index (χ0) is 14.5. The van der Waals surface area contributed by atoms with E-state index in [1.54, 1.807) is 12.1 Å². The van der Waals surface area contributed by atoms with Crippen LogP contribution in [0, 0.1) is 17.7 Å². The second-order valence-corrected chi connectivity index (χ2v) is 5.18. The Balaban J connectivity index is 1.93. The van der Waals surface area contributed by atoms with Crippen molar-refractivity contribution < 1.29 is 19.1 Å². The SMILES string of the molecule is O=C(O)[C@H]1CCCC[C@@H]1C(=O)NCc1ccc(F)cc1. The molecule has 1 saturated carbocycles. The van der Waals surface area contributed by atoms with Gasteiger partial charge in [-0.05, 0) is 30.5 Å². The van der Waals surface area contributed by atoms with Gasteiger partial charge in [-0.3, -0.25) is 9.59 Å². The predicted molar refractivity (Wildman–Crippen MR) is 71.3 cm³/mol. The van der Waals surface area contributed by atoms with Crippen molar-refractivity contribution in [1.29, 1.82) is 0 Å². The van der Waals surface area contributed by atoms with Crippen molar-refractivity contribution in [1.82, 2.24) is 5.32 Å². The van der Waals surface area contributed by atoms with Gasteiger partial charge in [-0.2, -0.15) is 0 Å². The normalized spacial score (nSPS) is 22.2. The molecule has 2 atom stereocenters. The second kappa shape index (κ2) is 6.50. The lowest BCUT2D eigenvalue weighted by Crippen LogP contribution is -2.39. The van der Waals surface area contributed by atoms with Crippen LogP contribution in [0.25, 0.3) is 0 Å². The summed E-state index contributed by atoms with van der Waals surface area (Å²) in [4.78, 5) is 23.3. The number of rotatable bonds is 4. The number of carboxylic acid groups (broad SMARTS) is 1. The number of carbonyl (C=O) groups excluding carboxylic acids is 1. The van der Waals surface area contributed by atoms with E-state index in [0.29, 0.717) is 19.4 Å². The summed E-state index contributed by atoms with van der Waals surface area (Å²) >= 11 is 0. The fourth-order valence-corrected chi connectivity index (χ4v) is 2.66. The molecule has 0 radical (unpaired) electrons. The summed E-state index contributed by atoms with van der Waals surface area (Å²) in [6.45, 7) is 0.294. The van der Waals surface area contributed by atoms with Crippen molar-refractivity contribution in [3.05, 3.63) is 35.6 Å². The van der Waals surface area contributed by atoms with Gasteiger partial charge in [0.05, 0.1) is 11.8 Å². The van der Waals surface area contributed by atoms with Crippen LogP contribution in [0.3, 0.4) is 0 Å². The third-order valence-electron chi connectivity index (χ3n) is 3.80. The zero-order valence-electron chi connectivity index (χ0n) is 11.1. The van der Waals surface area contributed by atoms with Gasteiger partial charge in [0, 0.05) is 6.54 Å². The largest absolute Gasteiger partial charge is 0.481 e. The van der Waals surface area contributed by atoms with Crippen molar-refractivity contribution in [2.24, 2.45) is 11.8 Å². The summed E-state index contributed by atoms with van der Waals surface area (Å²) in [5.74, 6) is -2.48. The van der Waals surface area contributed by atoms with Gasteiger partial charge in [-0.1, -0.05) is 25.0 Å². The third kappa shape index (κ3) is 3.56. The number of hydrogen-bond donors (Lipinski definition) is 2. The van der Waals surface area contributed by atoms with Crippen LogP contribution in [0.15, 0.2) is 24.3 Å². The van der Waals surface area contributed by atoms with Crippen molar-refractivity contribution in [2.45, 2.75) is 32.2 Å². The van der Waals surface area contributed by atoms with Crippen LogP contribution >= 0.6 is 0 Å². The van der Waals surface area contributed by atoms with Gasteiger partial charge in [0.1, 0.15) is 5.82 Å². The Kier molecular flexibility index (Phi) is 4.71. The number of nitrogens with one attached hydrogen (secondary N) is 1. The number of amides is 1. The zero-order valence-corrected chi connectivity index (χ0v) is 11.1. The molecule has 0 spiro atoms. The molecule has 2 N–H and O–H groups in total. The summed E-state index contributed by atoms with van der Waals surface area (Å²) in [6.07, 6.45) is 2.92. The summed E-state index contributed by atoms with van der Waals surface area (Å²) in [6, 6.07) is 5.88. The maximum atomic E-state index is 12.8. The molecule has 0 unspecified atom stereocenters. The Labute approximate surface area is 117 Å². The van der Waals surface area contributed by atoms with E-state index in [0.717, 1.165) is 18.4 Å². The lowest BCUT2D eigenvalue weighted by molar-refractivity contribution is -0.148. The van der Waals surface area contributed by atoms with E-state index < -0.39 is 17.8 Å². The number of aliphatic carboxylic acids is 1. The highest BCUT2D eigenvalue weighted by atomic mass is 19.1. The first-order valence-corrected chi connectivity index (χ1v) is 6.83. The fourth-order valence-electron chi connectivity index (χ4n) is 2.66. The van der Waals surface area contributed by atoms with Crippen LogP contribution in [-0.2, 0) is 16.1 Å². The molecule has 5 heteroatoms. The van der Waals surface area contributed by atoms with Gasteiger partial charge >= 0.3 is 5.97 Å². The number of benzene rings is 1. The number of carboxylic acids is 1. The molecule has 1 aromatic rings. The first-order chi connectivity index (χ1) is 9.58. The van der Waals surface area contributed by atoms with E-state index in [2.05, 4.69) is 5.32 Å². The van der Waals surface area contributed by atoms with E-state index in [1.807, 2.05) is 0 Å². The molecule has 1 aliphatic carbocycles. The highest BCUT2D eigenvalue weighted by Crippen LogP contribution is 2.30. The number of carbonyl (C=O) groups is 2. The minimum absolute atomic E-state index is 0.221. The van der Waals surface area contributed by atoms with E-state index in [-0.39, 0.29) is 11.7 Å². The lowest BCUT2D eigenvalue weighted by atomic mass is 9.78. The number of hydrogen-bond acceptors (Lipinski definition) is 2. The molecule has 0 heterocycles. The molecule has 1 aliphatic rings. The maximum Gasteiger partial charge on any atom is 0.307 e. The van der Waals surface area contributed by atoms with Gasteiger partial charge < -0.3 is 10.4 Å². The van der Waals surface area contributed by atoms with Gasteiger partial charge in [-0.15, -0.1) is 0 Å². The van der Waals surface area contributed by atoms with Crippen LogP contribution in [0.4, 0.5) is 4.39 Å². The van der Waals surface area contributed by atoms with Gasteiger partial charge in [0.15, 0.2) is 0 Å². The predicted octanol–water partition coefficient (Wildman–Crippen LogP) is 2.33. The monoisotopic (exact) mass is 279 g/mol. The van der Waals surface area contributed by atoms with Crippen LogP contribution < -0.4 is 5.32 Å². The third-order valence-corrected chi connectivity index (χ3v) is 3.80. The van der Waals surface area contributed by atoms with Crippen molar-refractivity contribution in [3.8, 4) is 0 Å².